The number of nitrogens with zero attached hydrogens (tertiary/aromatic N) is 3. The van der Waals surface area contributed by atoms with Gasteiger partial charge in [-0.3, -0.25) is 0 Å². The lowest BCUT2D eigenvalue weighted by Gasteiger charge is -2.33. The average Bonchev–Trinajstić information content (AvgIpc) is 2.77. The molecule has 0 radical (unpaired) electrons. The first-order valence-electron chi connectivity index (χ1n) is 11.0. The standard InChI is InChI=1S/C23H30FN3O5S/c1-16(5-4-12-28)14-27-10-8-18(9-11-27)31-22-17(2)23(26-15-25-22)32-21-7-6-19(13-20(21)24)33(3,29)30/h6-7,12-13,15-16,18H,4-5,8-11,14H2,1-3H3. The van der Waals surface area contributed by atoms with Gasteiger partial charge in [0, 0.05) is 32.3 Å². The van der Waals surface area contributed by atoms with Gasteiger partial charge >= 0.3 is 0 Å². The third kappa shape index (κ3) is 6.94. The van der Waals surface area contributed by atoms with Gasteiger partial charge in [-0.1, -0.05) is 6.92 Å². The summed E-state index contributed by atoms with van der Waals surface area (Å²) >= 11 is 0. The monoisotopic (exact) mass is 479 g/mol. The van der Waals surface area contributed by atoms with E-state index < -0.39 is 15.7 Å². The minimum absolute atomic E-state index is 0.00115. The van der Waals surface area contributed by atoms with Crippen molar-refractivity contribution in [2.45, 2.75) is 50.5 Å². The Morgan fingerprint density at radius 2 is 1.94 bits per heavy atom. The maximum atomic E-state index is 14.4. The van der Waals surface area contributed by atoms with Crippen LogP contribution in [0.3, 0.4) is 0 Å². The van der Waals surface area contributed by atoms with Crippen molar-refractivity contribution < 1.29 is 27.1 Å². The maximum absolute atomic E-state index is 14.4. The van der Waals surface area contributed by atoms with E-state index in [1.54, 1.807) is 6.92 Å². The lowest BCUT2D eigenvalue weighted by Crippen LogP contribution is -2.40. The minimum Gasteiger partial charge on any atom is -0.474 e. The molecule has 33 heavy (non-hydrogen) atoms. The van der Waals surface area contributed by atoms with Crippen molar-refractivity contribution in [1.82, 2.24) is 14.9 Å². The summed E-state index contributed by atoms with van der Waals surface area (Å²) in [4.78, 5) is 21.1. The van der Waals surface area contributed by atoms with Gasteiger partial charge in [0.15, 0.2) is 21.4 Å². The number of carbonyl (C=O) groups is 1. The SMILES string of the molecule is Cc1c(Oc2ccc(S(C)(=O)=O)cc2F)ncnc1OC1CCN(CC(C)CCC=O)CC1. The Morgan fingerprint density at radius 1 is 1.24 bits per heavy atom. The molecule has 10 heteroatoms. The summed E-state index contributed by atoms with van der Waals surface area (Å²) in [7, 11) is -3.52. The Bertz CT molecular complexity index is 1070. The van der Waals surface area contributed by atoms with Gasteiger partial charge in [-0.15, -0.1) is 0 Å². The molecule has 0 saturated carbocycles. The highest BCUT2D eigenvalue weighted by Crippen LogP contribution is 2.31. The first kappa shape index (κ1) is 25.0. The number of halogens is 1. The van der Waals surface area contributed by atoms with Crippen molar-refractivity contribution in [2.75, 3.05) is 25.9 Å². The largest absolute Gasteiger partial charge is 0.474 e. The molecule has 1 aromatic heterocycles. The van der Waals surface area contributed by atoms with Crippen molar-refractivity contribution in [1.29, 1.82) is 0 Å². The Balaban J connectivity index is 1.60. The van der Waals surface area contributed by atoms with E-state index in [0.717, 1.165) is 57.5 Å². The third-order valence-corrected chi connectivity index (χ3v) is 6.80. The van der Waals surface area contributed by atoms with Gasteiger partial charge in [0.1, 0.15) is 18.7 Å². The molecule has 2 aromatic rings. The van der Waals surface area contributed by atoms with Crippen LogP contribution in [0.4, 0.5) is 4.39 Å². The molecule has 180 valence electrons. The van der Waals surface area contributed by atoms with E-state index in [1.165, 1.54) is 18.5 Å². The van der Waals surface area contributed by atoms with Crippen LogP contribution >= 0.6 is 0 Å². The second kappa shape index (κ2) is 11.0. The molecule has 1 fully saturated rings. The first-order valence-corrected chi connectivity index (χ1v) is 12.9. The molecule has 2 heterocycles. The van der Waals surface area contributed by atoms with Gasteiger partial charge in [0.05, 0.1) is 10.5 Å². The van der Waals surface area contributed by atoms with E-state index in [1.807, 2.05) is 0 Å². The molecule has 0 bridgehead atoms. The number of rotatable bonds is 10. The summed E-state index contributed by atoms with van der Waals surface area (Å²) in [6.45, 7) is 6.67. The number of piperidine rings is 1. The molecule has 1 aliphatic rings. The number of carbonyl (C=O) groups excluding carboxylic acids is 1. The van der Waals surface area contributed by atoms with Gasteiger partial charge in [0.25, 0.3) is 0 Å². The molecule has 3 rings (SSSR count). The lowest BCUT2D eigenvalue weighted by atomic mass is 10.0. The van der Waals surface area contributed by atoms with Gasteiger partial charge in [0.2, 0.25) is 11.8 Å². The summed E-state index contributed by atoms with van der Waals surface area (Å²) in [5.74, 6) is 0.0714. The quantitative estimate of drug-likeness (QED) is 0.477. The first-order chi connectivity index (χ1) is 15.7. The highest BCUT2D eigenvalue weighted by Gasteiger charge is 2.23. The van der Waals surface area contributed by atoms with Crippen molar-refractivity contribution in [3.63, 3.8) is 0 Å². The van der Waals surface area contributed by atoms with Crippen LogP contribution in [0.25, 0.3) is 0 Å². The van der Waals surface area contributed by atoms with Crippen LogP contribution in [0, 0.1) is 18.7 Å². The van der Waals surface area contributed by atoms with E-state index >= 15 is 0 Å². The van der Waals surface area contributed by atoms with Crippen molar-refractivity contribution in [3.05, 3.63) is 35.9 Å². The number of aromatic nitrogens is 2. The molecule has 1 aliphatic heterocycles. The second-order valence-electron chi connectivity index (χ2n) is 8.54. The van der Waals surface area contributed by atoms with E-state index in [4.69, 9.17) is 9.47 Å². The molecule has 0 spiro atoms. The molecular formula is C23H30FN3O5S. The van der Waals surface area contributed by atoms with Crippen LogP contribution < -0.4 is 9.47 Å². The van der Waals surface area contributed by atoms with Gasteiger partial charge < -0.3 is 19.2 Å². The number of aldehydes is 1. The fourth-order valence-electron chi connectivity index (χ4n) is 3.79. The number of likely N-dealkylation sites (tertiary alicyclic amines) is 1. The Kier molecular flexibility index (Phi) is 8.36. The summed E-state index contributed by atoms with van der Waals surface area (Å²) in [6, 6.07) is 3.47. The third-order valence-electron chi connectivity index (χ3n) is 5.69. The predicted molar refractivity (Wildman–Crippen MR) is 121 cm³/mol. The smallest absolute Gasteiger partial charge is 0.229 e. The van der Waals surface area contributed by atoms with E-state index in [-0.39, 0.29) is 22.6 Å². The zero-order chi connectivity index (χ0) is 24.0. The van der Waals surface area contributed by atoms with Gasteiger partial charge in [-0.05, 0) is 50.3 Å². The summed E-state index contributed by atoms with van der Waals surface area (Å²) < 4.78 is 49.3. The molecule has 8 nitrogen and oxygen atoms in total. The minimum atomic E-state index is -3.52. The van der Waals surface area contributed by atoms with Gasteiger partial charge in [-0.25, -0.2) is 22.8 Å². The highest BCUT2D eigenvalue weighted by molar-refractivity contribution is 7.90. The molecule has 1 aromatic carbocycles. The van der Waals surface area contributed by atoms with E-state index in [0.29, 0.717) is 23.8 Å². The van der Waals surface area contributed by atoms with Crippen LogP contribution in [-0.4, -0.2) is 61.6 Å². The fraction of sp³-hybridized carbons (Fsp3) is 0.522. The van der Waals surface area contributed by atoms with Crippen LogP contribution in [0.2, 0.25) is 0 Å². The number of hydrogen-bond donors (Lipinski definition) is 0. The Hall–Kier alpha value is -2.59. The number of hydrogen-bond acceptors (Lipinski definition) is 8. The lowest BCUT2D eigenvalue weighted by molar-refractivity contribution is -0.108. The predicted octanol–water partition coefficient (Wildman–Crippen LogP) is 3.58. The zero-order valence-electron chi connectivity index (χ0n) is 19.2. The normalized spacial score (nSPS) is 16.4. The Labute approximate surface area is 194 Å². The van der Waals surface area contributed by atoms with Crippen molar-refractivity contribution in [2.24, 2.45) is 5.92 Å². The molecule has 1 unspecified atom stereocenters. The molecule has 0 aliphatic carbocycles. The maximum Gasteiger partial charge on any atom is 0.229 e. The van der Waals surface area contributed by atoms with Crippen LogP contribution in [-0.2, 0) is 14.6 Å². The summed E-state index contributed by atoms with van der Waals surface area (Å²) in [6.07, 6.45) is 6.48. The summed E-state index contributed by atoms with van der Waals surface area (Å²) in [5, 5.41) is 0. The van der Waals surface area contributed by atoms with E-state index in [9.17, 15) is 17.6 Å². The molecule has 0 amide bonds. The van der Waals surface area contributed by atoms with Crippen LogP contribution in [0.1, 0.15) is 38.2 Å². The van der Waals surface area contributed by atoms with Crippen LogP contribution in [0.5, 0.6) is 17.5 Å². The molecule has 0 N–H and O–H groups in total. The van der Waals surface area contributed by atoms with Crippen molar-refractivity contribution >= 4 is 16.1 Å². The molecular weight excluding hydrogens is 449 g/mol. The second-order valence-corrected chi connectivity index (χ2v) is 10.6. The molecule has 1 saturated heterocycles. The van der Waals surface area contributed by atoms with Gasteiger partial charge in [-0.2, -0.15) is 0 Å². The molecule has 1 atom stereocenters. The number of benzene rings is 1. The zero-order valence-corrected chi connectivity index (χ0v) is 20.0. The van der Waals surface area contributed by atoms with Crippen LogP contribution in [0.15, 0.2) is 29.4 Å². The van der Waals surface area contributed by atoms with Crippen molar-refractivity contribution in [3.8, 4) is 17.5 Å². The summed E-state index contributed by atoms with van der Waals surface area (Å²) in [5.41, 5.74) is 0.536. The highest BCUT2D eigenvalue weighted by atomic mass is 32.2. The Morgan fingerprint density at radius 3 is 2.58 bits per heavy atom. The number of sulfone groups is 1. The topological polar surface area (TPSA) is 98.7 Å². The van der Waals surface area contributed by atoms with E-state index in [2.05, 4.69) is 21.8 Å². The average molecular weight is 480 g/mol. The number of ether oxygens (including phenoxy) is 2. The fourth-order valence-corrected chi connectivity index (χ4v) is 4.42.